The number of aryl methyl sites for hydroxylation is 1. The predicted molar refractivity (Wildman–Crippen MR) is 98.7 cm³/mol. The van der Waals surface area contributed by atoms with Crippen LogP contribution in [0, 0.1) is 6.92 Å². The van der Waals surface area contributed by atoms with Crippen LogP contribution in [0.4, 0.5) is 18.2 Å². The van der Waals surface area contributed by atoms with Crippen molar-refractivity contribution in [3.8, 4) is 0 Å². The van der Waals surface area contributed by atoms with Gasteiger partial charge in [-0.2, -0.15) is 13.2 Å². The number of sulfonamides is 1. The third-order valence-corrected chi connectivity index (χ3v) is 6.36. The minimum atomic E-state index is -4.71. The zero-order valence-electron chi connectivity index (χ0n) is 14.8. The maximum Gasteiger partial charge on any atom is 0.416 e. The van der Waals surface area contributed by atoms with Crippen LogP contribution >= 0.6 is 11.3 Å². The summed E-state index contributed by atoms with van der Waals surface area (Å²) in [5.74, 6) is -0.921. The first-order valence-corrected chi connectivity index (χ1v) is 10.1. The maximum absolute atomic E-state index is 13.1. The van der Waals surface area contributed by atoms with Gasteiger partial charge in [-0.1, -0.05) is 6.07 Å². The van der Waals surface area contributed by atoms with Crippen molar-refractivity contribution in [3.05, 3.63) is 57.4 Å². The van der Waals surface area contributed by atoms with Crippen molar-refractivity contribution in [2.75, 3.05) is 11.8 Å². The predicted octanol–water partition coefficient (Wildman–Crippen LogP) is 3.77. The van der Waals surface area contributed by atoms with E-state index in [2.05, 4.69) is 9.46 Å². The lowest BCUT2D eigenvalue weighted by molar-refractivity contribution is -0.138. The molecule has 3 aromatic rings. The molecule has 0 amide bonds. The average Bonchev–Trinajstić information content (AvgIpc) is 2.99. The molecule has 3 rings (SSSR count). The van der Waals surface area contributed by atoms with E-state index in [1.165, 1.54) is 19.1 Å². The van der Waals surface area contributed by atoms with Crippen LogP contribution in [0.5, 0.6) is 0 Å². The van der Waals surface area contributed by atoms with E-state index in [0.29, 0.717) is 6.07 Å². The molecule has 0 radical (unpaired) electrons. The molecule has 0 spiro atoms. The first kappa shape index (κ1) is 20.9. The van der Waals surface area contributed by atoms with Crippen LogP contribution in [0.3, 0.4) is 0 Å². The number of carbonyl (C=O) groups excluding carboxylic acids is 1. The Balaban J connectivity index is 2.00. The first-order valence-electron chi connectivity index (χ1n) is 7.79. The molecular formula is C17H12F3NO6S2. The van der Waals surface area contributed by atoms with E-state index in [1.54, 1.807) is 0 Å². The normalized spacial score (nSPS) is 12.2. The van der Waals surface area contributed by atoms with Crippen LogP contribution in [0.15, 0.2) is 44.4 Å². The molecule has 12 heteroatoms. The summed E-state index contributed by atoms with van der Waals surface area (Å²) in [6.07, 6.45) is -4.71. The Morgan fingerprint density at radius 1 is 1.21 bits per heavy atom. The molecule has 154 valence electrons. The number of rotatable bonds is 4. The number of carbonyl (C=O) groups is 1. The van der Waals surface area contributed by atoms with Crippen LogP contribution < -0.4 is 10.3 Å². The maximum atomic E-state index is 13.1. The van der Waals surface area contributed by atoms with Crippen molar-refractivity contribution >= 4 is 42.6 Å². The second kappa shape index (κ2) is 7.19. The summed E-state index contributed by atoms with van der Waals surface area (Å²) in [4.78, 5) is 22.8. The molecule has 0 unspecified atom stereocenters. The lowest BCUT2D eigenvalue weighted by Crippen LogP contribution is -2.15. The van der Waals surface area contributed by atoms with Gasteiger partial charge >= 0.3 is 17.8 Å². The van der Waals surface area contributed by atoms with Crippen molar-refractivity contribution in [3.63, 3.8) is 0 Å². The molecule has 2 aromatic heterocycles. The number of hydrogen-bond donors (Lipinski definition) is 1. The van der Waals surface area contributed by atoms with Crippen LogP contribution in [0.25, 0.3) is 10.3 Å². The number of methoxy groups -OCH3 is 1. The fraction of sp³-hybridized carbons (Fsp3) is 0.176. The monoisotopic (exact) mass is 447 g/mol. The highest BCUT2D eigenvalue weighted by Gasteiger charge is 2.33. The fourth-order valence-corrected chi connectivity index (χ4v) is 4.72. The number of nitrogens with one attached hydrogen (secondary N) is 1. The Bertz CT molecular complexity index is 1270. The lowest BCUT2D eigenvalue weighted by atomic mass is 10.1. The van der Waals surface area contributed by atoms with Crippen LogP contribution in [-0.4, -0.2) is 21.5 Å². The molecule has 0 aliphatic heterocycles. The molecule has 0 aliphatic carbocycles. The second-order valence-electron chi connectivity index (χ2n) is 5.86. The van der Waals surface area contributed by atoms with Gasteiger partial charge < -0.3 is 9.15 Å². The standard InChI is InChI=1S/C17H12F3NO6S2/c1-8-3-4-9(5-11(8)17(18,19)20)29(24,25)21-14-7-12-13(28-14)6-10(15(22)26-2)16(23)27-12/h3-7,21H,1-2H3. The van der Waals surface area contributed by atoms with Crippen LogP contribution in [0.2, 0.25) is 0 Å². The average molecular weight is 447 g/mol. The molecule has 1 N–H and O–H groups in total. The highest BCUT2D eigenvalue weighted by molar-refractivity contribution is 7.93. The Morgan fingerprint density at radius 2 is 1.90 bits per heavy atom. The number of thiophene rings is 1. The molecule has 1 aromatic carbocycles. The third kappa shape index (κ3) is 4.12. The topological polar surface area (TPSA) is 103 Å². The minimum Gasteiger partial charge on any atom is -0.465 e. The fourth-order valence-electron chi connectivity index (χ4n) is 2.48. The van der Waals surface area contributed by atoms with Crippen molar-refractivity contribution in [2.24, 2.45) is 0 Å². The van der Waals surface area contributed by atoms with E-state index < -0.39 is 38.3 Å². The Morgan fingerprint density at radius 3 is 2.52 bits per heavy atom. The van der Waals surface area contributed by atoms with Gasteiger partial charge in [0.05, 0.1) is 22.3 Å². The highest BCUT2D eigenvalue weighted by Crippen LogP contribution is 2.35. The molecule has 7 nitrogen and oxygen atoms in total. The van der Waals surface area contributed by atoms with E-state index in [-0.39, 0.29) is 26.4 Å². The van der Waals surface area contributed by atoms with Gasteiger partial charge in [-0.15, -0.1) is 11.3 Å². The van der Waals surface area contributed by atoms with Gasteiger partial charge in [0.25, 0.3) is 10.0 Å². The minimum absolute atomic E-state index is 0.00485. The number of anilines is 1. The van der Waals surface area contributed by atoms with Gasteiger partial charge in [-0.25, -0.2) is 18.0 Å². The summed E-state index contributed by atoms with van der Waals surface area (Å²) < 4.78 is 76.1. The summed E-state index contributed by atoms with van der Waals surface area (Å²) in [7, 11) is -3.27. The summed E-state index contributed by atoms with van der Waals surface area (Å²) in [6, 6.07) is 5.03. The van der Waals surface area contributed by atoms with Gasteiger partial charge in [-0.3, -0.25) is 4.72 Å². The van der Waals surface area contributed by atoms with Crippen molar-refractivity contribution in [1.29, 1.82) is 0 Å². The molecule has 0 fully saturated rings. The lowest BCUT2D eigenvalue weighted by Gasteiger charge is -2.12. The Kier molecular flexibility index (Phi) is 5.17. The highest BCUT2D eigenvalue weighted by atomic mass is 32.2. The molecular weight excluding hydrogens is 435 g/mol. The molecule has 29 heavy (non-hydrogen) atoms. The van der Waals surface area contributed by atoms with Gasteiger partial charge in [0, 0.05) is 6.07 Å². The van der Waals surface area contributed by atoms with E-state index >= 15 is 0 Å². The quantitative estimate of drug-likeness (QED) is 0.611. The first-order chi connectivity index (χ1) is 13.4. The smallest absolute Gasteiger partial charge is 0.416 e. The number of halogens is 3. The summed E-state index contributed by atoms with van der Waals surface area (Å²) >= 11 is 0.830. The SMILES string of the molecule is COC(=O)c1cc2sc(NS(=O)(=O)c3ccc(C)c(C(F)(F)F)c3)cc2oc1=O. The second-order valence-corrected chi connectivity index (χ2v) is 8.62. The van der Waals surface area contributed by atoms with Gasteiger partial charge in [0.2, 0.25) is 0 Å². The van der Waals surface area contributed by atoms with Gasteiger partial charge in [0.1, 0.15) is 10.6 Å². The number of hydrogen-bond acceptors (Lipinski definition) is 7. The zero-order chi connectivity index (χ0) is 21.6. The summed E-state index contributed by atoms with van der Waals surface area (Å²) in [6.45, 7) is 1.22. The Labute approximate surface area is 165 Å². The van der Waals surface area contributed by atoms with Crippen molar-refractivity contribution < 1.29 is 35.5 Å². The number of ether oxygens (including phenoxy) is 1. The molecule has 0 saturated carbocycles. The number of alkyl halides is 3. The number of esters is 1. The van der Waals surface area contributed by atoms with E-state index in [1.807, 2.05) is 0 Å². The Hall–Kier alpha value is -2.86. The summed E-state index contributed by atoms with van der Waals surface area (Å²) in [5.41, 5.74) is -2.51. The van der Waals surface area contributed by atoms with Crippen LogP contribution in [0.1, 0.15) is 21.5 Å². The molecule has 0 atom stereocenters. The molecule has 0 aliphatic rings. The summed E-state index contributed by atoms with van der Waals surface area (Å²) in [5, 5.41) is -0.0145. The largest absolute Gasteiger partial charge is 0.465 e. The van der Waals surface area contributed by atoms with Crippen LogP contribution in [-0.2, 0) is 20.9 Å². The van der Waals surface area contributed by atoms with Crippen molar-refractivity contribution in [1.82, 2.24) is 0 Å². The van der Waals surface area contributed by atoms with Gasteiger partial charge in [-0.05, 0) is 30.7 Å². The number of fused-ring (bicyclic) bond motifs is 1. The van der Waals surface area contributed by atoms with E-state index in [0.717, 1.165) is 30.6 Å². The van der Waals surface area contributed by atoms with E-state index in [9.17, 15) is 31.2 Å². The third-order valence-electron chi connectivity index (χ3n) is 3.89. The van der Waals surface area contributed by atoms with Crippen molar-refractivity contribution in [2.45, 2.75) is 18.0 Å². The van der Waals surface area contributed by atoms with Gasteiger partial charge in [0.15, 0.2) is 5.58 Å². The van der Waals surface area contributed by atoms with E-state index in [4.69, 9.17) is 4.42 Å². The number of benzene rings is 1. The molecule has 0 saturated heterocycles. The molecule has 0 bridgehead atoms. The molecule has 2 heterocycles. The zero-order valence-corrected chi connectivity index (χ0v) is 16.4.